The fourth-order valence-electron chi connectivity index (χ4n) is 13.9. The quantitative estimate of drug-likeness (QED) is 0.358. The van der Waals surface area contributed by atoms with Gasteiger partial charge < -0.3 is 10.2 Å². The van der Waals surface area contributed by atoms with Crippen LogP contribution in [0.5, 0.6) is 0 Å². The van der Waals surface area contributed by atoms with Crippen molar-refractivity contribution in [2.75, 3.05) is 0 Å². The van der Waals surface area contributed by atoms with E-state index in [0.29, 0.717) is 25.7 Å². The maximum absolute atomic E-state index is 13.3. The number of allylic oxidation sites excluding steroid dienone is 2. The number of aliphatic hydroxyl groups is 2. The molecule has 6 saturated carbocycles. The molecule has 0 aliphatic heterocycles. The van der Waals surface area contributed by atoms with Crippen molar-refractivity contribution in [2.24, 2.45) is 57.2 Å². The second-order valence-corrected chi connectivity index (χ2v) is 18.7. The normalized spacial score (nSPS) is 49.1. The zero-order chi connectivity index (χ0) is 36.4. The van der Waals surface area contributed by atoms with Gasteiger partial charge in [-0.05, 0) is 125 Å². The second-order valence-electron chi connectivity index (χ2n) is 18.7. The van der Waals surface area contributed by atoms with Gasteiger partial charge in [0.25, 0.3) is 0 Å². The summed E-state index contributed by atoms with van der Waals surface area (Å²) in [7, 11) is 0. The second kappa shape index (κ2) is 11.5. The highest BCUT2D eigenvalue weighted by molar-refractivity contribution is 5.95. The Labute approximate surface area is 296 Å². The molecule has 0 heterocycles. The van der Waals surface area contributed by atoms with Crippen LogP contribution in [0.15, 0.2) is 23.3 Å². The molecule has 50 heavy (non-hydrogen) atoms. The Morgan fingerprint density at radius 2 is 0.940 bits per heavy atom. The van der Waals surface area contributed by atoms with E-state index in [1.165, 1.54) is 13.8 Å². The monoisotopic (exact) mass is 688 g/mol. The molecule has 12 atom stereocenters. The SMILES string of the molecule is CC(=O)[C@@]1(O)CC[C@H]2[C@@H]3CCC4=CC(=O)CC[C@]4(C)[C@H]3C(=O)C[C@@]21C.CC(=O)[C@@]1(O)CC[C@H]2[C@@H]3CCC4=CC(=O)CC[C@]4(C)[C@H]3C(=O)C[C@@]21C. The van der Waals surface area contributed by atoms with Crippen LogP contribution < -0.4 is 0 Å². The zero-order valence-electron chi connectivity index (χ0n) is 30.9. The van der Waals surface area contributed by atoms with Crippen molar-refractivity contribution in [3.05, 3.63) is 23.3 Å². The maximum Gasteiger partial charge on any atom is 0.161 e. The number of hydrogen-bond acceptors (Lipinski definition) is 8. The fourth-order valence-corrected chi connectivity index (χ4v) is 13.9. The summed E-state index contributed by atoms with van der Waals surface area (Å²) < 4.78 is 0. The minimum atomic E-state index is -1.36. The lowest BCUT2D eigenvalue weighted by molar-refractivity contribution is -0.168. The molecule has 0 aromatic carbocycles. The number of fused-ring (bicyclic) bond motifs is 10. The van der Waals surface area contributed by atoms with Gasteiger partial charge in [0.05, 0.1) is 0 Å². The lowest BCUT2D eigenvalue weighted by atomic mass is 9.46. The van der Waals surface area contributed by atoms with Crippen LogP contribution in [0.1, 0.15) is 131 Å². The van der Waals surface area contributed by atoms with Gasteiger partial charge in [-0.15, -0.1) is 0 Å². The fraction of sp³-hybridized carbons (Fsp3) is 0.762. The number of Topliss-reactive ketones (excluding diaryl/α,β-unsaturated/α-hetero) is 4. The van der Waals surface area contributed by atoms with Crippen molar-refractivity contribution in [2.45, 2.75) is 143 Å². The molecule has 0 unspecified atom stereocenters. The van der Waals surface area contributed by atoms with E-state index in [1.54, 1.807) is 12.2 Å². The molecule has 272 valence electrons. The summed E-state index contributed by atoms with van der Waals surface area (Å²) in [5, 5.41) is 22.2. The van der Waals surface area contributed by atoms with E-state index in [1.807, 2.05) is 13.8 Å². The number of hydrogen-bond donors (Lipinski definition) is 2. The Hall–Kier alpha value is -2.58. The van der Waals surface area contributed by atoms with E-state index in [-0.39, 0.29) is 93.9 Å². The minimum Gasteiger partial charge on any atom is -0.381 e. The molecule has 0 radical (unpaired) electrons. The van der Waals surface area contributed by atoms with Gasteiger partial charge in [0.2, 0.25) is 0 Å². The van der Waals surface area contributed by atoms with Crippen molar-refractivity contribution in [3.63, 3.8) is 0 Å². The Morgan fingerprint density at radius 3 is 1.28 bits per heavy atom. The van der Waals surface area contributed by atoms with Gasteiger partial charge in [0, 0.05) is 48.3 Å². The largest absolute Gasteiger partial charge is 0.381 e. The van der Waals surface area contributed by atoms with Crippen LogP contribution in [0.3, 0.4) is 0 Å². The Bertz CT molecular complexity index is 1530. The maximum atomic E-state index is 13.3. The predicted octanol–water partition coefficient (Wildman–Crippen LogP) is 6.03. The molecule has 0 aromatic rings. The van der Waals surface area contributed by atoms with Crippen molar-refractivity contribution < 1.29 is 39.0 Å². The summed E-state index contributed by atoms with van der Waals surface area (Å²) in [6.07, 6.45) is 12.8. The van der Waals surface area contributed by atoms with E-state index >= 15 is 0 Å². The molecular formula is C42H56O8. The number of carbonyl (C=O) groups is 6. The lowest BCUT2D eigenvalue weighted by Crippen LogP contribution is -2.60. The van der Waals surface area contributed by atoms with E-state index in [0.717, 1.165) is 62.5 Å². The molecule has 2 N–H and O–H groups in total. The van der Waals surface area contributed by atoms with E-state index in [9.17, 15) is 39.0 Å². The van der Waals surface area contributed by atoms with Crippen molar-refractivity contribution >= 4 is 34.7 Å². The highest BCUT2D eigenvalue weighted by Crippen LogP contribution is 2.68. The van der Waals surface area contributed by atoms with Gasteiger partial charge >= 0.3 is 0 Å². The van der Waals surface area contributed by atoms with Gasteiger partial charge in [-0.25, -0.2) is 0 Å². The first-order valence-electron chi connectivity index (χ1n) is 19.3. The molecule has 0 aromatic heterocycles. The summed E-state index contributed by atoms with van der Waals surface area (Å²) >= 11 is 0. The number of rotatable bonds is 2. The first kappa shape index (κ1) is 35.8. The summed E-state index contributed by atoms with van der Waals surface area (Å²) in [6, 6.07) is 0. The van der Waals surface area contributed by atoms with Gasteiger partial charge in [0.15, 0.2) is 23.1 Å². The van der Waals surface area contributed by atoms with Crippen LogP contribution >= 0.6 is 0 Å². The number of carbonyl (C=O) groups excluding carboxylic acids is 6. The van der Waals surface area contributed by atoms with Crippen LogP contribution in [0, 0.1) is 57.2 Å². The van der Waals surface area contributed by atoms with Crippen molar-refractivity contribution in [1.29, 1.82) is 0 Å². The Kier molecular flexibility index (Phi) is 8.21. The molecule has 8 nitrogen and oxygen atoms in total. The van der Waals surface area contributed by atoms with Gasteiger partial charge in [-0.2, -0.15) is 0 Å². The first-order chi connectivity index (χ1) is 23.3. The molecular weight excluding hydrogens is 632 g/mol. The van der Waals surface area contributed by atoms with E-state index in [2.05, 4.69) is 13.8 Å². The lowest BCUT2D eigenvalue weighted by Gasteiger charge is -2.57. The standard InChI is InChI=1S/2C21H28O4/c2*1-12(22)21(25)9-7-16-15-5-4-13-10-14(23)6-8-19(13,2)18(15)17(24)11-20(16,21)3/h2*10,15-16,18,25H,4-9,11H2,1-3H3/t2*15-,16-,18+,19-,20-,21-/m00/s1. The van der Waals surface area contributed by atoms with Crippen LogP contribution in [0.25, 0.3) is 0 Å². The molecule has 0 spiro atoms. The van der Waals surface area contributed by atoms with Gasteiger partial charge in [0.1, 0.15) is 22.8 Å². The molecule has 0 bridgehead atoms. The predicted molar refractivity (Wildman–Crippen MR) is 185 cm³/mol. The third-order valence-electron chi connectivity index (χ3n) is 16.8. The third kappa shape index (κ3) is 4.61. The molecule has 6 fully saturated rings. The molecule has 0 amide bonds. The number of ketones is 6. The highest BCUT2D eigenvalue weighted by atomic mass is 16.3. The average molecular weight is 689 g/mol. The van der Waals surface area contributed by atoms with Crippen LogP contribution in [-0.4, -0.2) is 56.1 Å². The third-order valence-corrected chi connectivity index (χ3v) is 16.8. The molecule has 8 aliphatic rings. The van der Waals surface area contributed by atoms with Gasteiger partial charge in [-0.1, -0.05) is 38.8 Å². The zero-order valence-corrected chi connectivity index (χ0v) is 30.9. The minimum absolute atomic E-state index is 0.0621. The Morgan fingerprint density at radius 1 is 0.580 bits per heavy atom. The van der Waals surface area contributed by atoms with Crippen molar-refractivity contribution in [3.8, 4) is 0 Å². The van der Waals surface area contributed by atoms with Crippen LogP contribution in [-0.2, 0) is 28.8 Å². The summed E-state index contributed by atoms with van der Waals surface area (Å²) in [5.74, 6) is 1.08. The van der Waals surface area contributed by atoms with Crippen LogP contribution in [0.2, 0.25) is 0 Å². The summed E-state index contributed by atoms with van der Waals surface area (Å²) in [4.78, 5) is 74.7. The topological polar surface area (TPSA) is 143 Å². The van der Waals surface area contributed by atoms with E-state index < -0.39 is 22.0 Å². The smallest absolute Gasteiger partial charge is 0.161 e. The molecule has 8 heteroatoms. The molecule has 8 rings (SSSR count). The van der Waals surface area contributed by atoms with E-state index in [4.69, 9.17) is 0 Å². The van der Waals surface area contributed by atoms with Crippen LogP contribution in [0.4, 0.5) is 0 Å². The summed E-state index contributed by atoms with van der Waals surface area (Å²) in [5.41, 5.74) is -2.13. The summed E-state index contributed by atoms with van der Waals surface area (Å²) in [6.45, 7) is 11.2. The molecule has 8 aliphatic carbocycles. The first-order valence-corrected chi connectivity index (χ1v) is 19.3. The highest BCUT2D eigenvalue weighted by Gasteiger charge is 2.69. The Balaban J connectivity index is 0.000000157. The molecule has 0 saturated heterocycles. The van der Waals surface area contributed by atoms with Crippen molar-refractivity contribution in [1.82, 2.24) is 0 Å². The van der Waals surface area contributed by atoms with Gasteiger partial charge in [-0.3, -0.25) is 28.8 Å². The average Bonchev–Trinajstić information content (AvgIpc) is 3.47.